The number of carbonyl (C=O) groups is 1. The Bertz CT molecular complexity index is 559. The van der Waals surface area contributed by atoms with Gasteiger partial charge in [-0.05, 0) is 43.3 Å². The van der Waals surface area contributed by atoms with Gasteiger partial charge in [-0.2, -0.15) is 0 Å². The number of ketones is 1. The second-order valence-electron chi connectivity index (χ2n) is 3.86. The number of rotatable bonds is 2. The van der Waals surface area contributed by atoms with Gasteiger partial charge in [-0.15, -0.1) is 0 Å². The zero-order valence-electron chi connectivity index (χ0n) is 11.3. The molecule has 0 aliphatic heterocycles. The van der Waals surface area contributed by atoms with E-state index in [1.54, 1.807) is 24.3 Å². The molecule has 2 aromatic carbocycles. The Morgan fingerprint density at radius 1 is 1.05 bits per heavy atom. The van der Waals surface area contributed by atoms with Gasteiger partial charge in [0.1, 0.15) is 5.75 Å². The minimum atomic E-state index is -0.140. The van der Waals surface area contributed by atoms with Crippen molar-refractivity contribution in [3.05, 3.63) is 64.2 Å². The van der Waals surface area contributed by atoms with E-state index in [4.69, 9.17) is 11.6 Å². The second kappa shape index (κ2) is 6.95. The highest BCUT2D eigenvalue weighted by Gasteiger charge is 2.12. The van der Waals surface area contributed by atoms with Gasteiger partial charge in [-0.3, -0.25) is 4.79 Å². The van der Waals surface area contributed by atoms with E-state index in [2.05, 4.69) is 0 Å². The second-order valence-corrected chi connectivity index (χ2v) is 4.27. The zero-order valence-corrected chi connectivity index (χ0v) is 12.0. The number of hydrogen-bond acceptors (Lipinski definition) is 2. The van der Waals surface area contributed by atoms with Crippen LogP contribution in [0.4, 0.5) is 0 Å². The number of halogens is 1. The number of aryl methyl sites for hydroxylation is 1. The molecule has 0 fully saturated rings. The van der Waals surface area contributed by atoms with Crippen LogP contribution in [0, 0.1) is 6.92 Å². The van der Waals surface area contributed by atoms with Crippen molar-refractivity contribution in [1.29, 1.82) is 0 Å². The van der Waals surface area contributed by atoms with E-state index >= 15 is 0 Å². The van der Waals surface area contributed by atoms with Crippen LogP contribution in [0.1, 0.15) is 35.3 Å². The molecule has 0 saturated carbocycles. The molecule has 1 N–H and O–H groups in total. The molecule has 3 heteroatoms. The van der Waals surface area contributed by atoms with Crippen LogP contribution < -0.4 is 0 Å². The first kappa shape index (κ1) is 15.3. The Hall–Kier alpha value is -1.80. The fourth-order valence-electron chi connectivity index (χ4n) is 1.58. The van der Waals surface area contributed by atoms with Crippen molar-refractivity contribution >= 4 is 17.4 Å². The Morgan fingerprint density at radius 2 is 1.63 bits per heavy atom. The third-order valence-electron chi connectivity index (χ3n) is 2.50. The van der Waals surface area contributed by atoms with Gasteiger partial charge in [0.05, 0.1) is 5.02 Å². The highest BCUT2D eigenvalue weighted by atomic mass is 35.5. The number of phenols is 1. The van der Waals surface area contributed by atoms with Gasteiger partial charge in [0.25, 0.3) is 0 Å². The third-order valence-corrected chi connectivity index (χ3v) is 2.83. The van der Waals surface area contributed by atoms with Crippen molar-refractivity contribution in [2.75, 3.05) is 0 Å². The van der Waals surface area contributed by atoms with E-state index < -0.39 is 0 Å². The van der Waals surface area contributed by atoms with Crippen LogP contribution in [0.3, 0.4) is 0 Å². The molecule has 0 spiro atoms. The van der Waals surface area contributed by atoms with E-state index in [1.807, 2.05) is 26.8 Å². The molecule has 0 bridgehead atoms. The van der Waals surface area contributed by atoms with Crippen molar-refractivity contribution in [3.8, 4) is 5.75 Å². The molecular weight excluding hydrogens is 260 g/mol. The lowest BCUT2D eigenvalue weighted by Crippen LogP contribution is -2.02. The molecule has 0 radical (unpaired) electrons. The molecule has 100 valence electrons. The van der Waals surface area contributed by atoms with E-state index in [9.17, 15) is 9.90 Å². The summed E-state index contributed by atoms with van der Waals surface area (Å²) in [6.07, 6.45) is 0. The number of aromatic hydroxyl groups is 1. The number of phenolic OH excluding ortho intramolecular Hbond substituents is 1. The molecule has 0 heterocycles. The van der Waals surface area contributed by atoms with Crippen LogP contribution in [0.15, 0.2) is 42.5 Å². The number of benzene rings is 2. The summed E-state index contributed by atoms with van der Waals surface area (Å²) in [6.45, 7) is 5.91. The molecule has 0 atom stereocenters. The lowest BCUT2D eigenvalue weighted by molar-refractivity contribution is 0.103. The summed E-state index contributed by atoms with van der Waals surface area (Å²) in [7, 11) is 0. The van der Waals surface area contributed by atoms with Crippen LogP contribution in [0.5, 0.6) is 5.75 Å². The fraction of sp³-hybridized carbons (Fsp3) is 0.188. The van der Waals surface area contributed by atoms with Crippen molar-refractivity contribution < 1.29 is 9.90 Å². The van der Waals surface area contributed by atoms with E-state index in [0.717, 1.165) is 5.56 Å². The maximum absolute atomic E-state index is 12.2. The normalized spacial score (nSPS) is 9.47. The summed E-state index contributed by atoms with van der Waals surface area (Å²) in [4.78, 5) is 12.2. The third kappa shape index (κ3) is 3.83. The van der Waals surface area contributed by atoms with E-state index in [0.29, 0.717) is 16.1 Å². The molecule has 0 aliphatic carbocycles. The topological polar surface area (TPSA) is 37.3 Å². The van der Waals surface area contributed by atoms with E-state index in [-0.39, 0.29) is 11.5 Å². The largest absolute Gasteiger partial charge is 0.508 e. The summed E-state index contributed by atoms with van der Waals surface area (Å²) in [5, 5.41) is 9.61. The van der Waals surface area contributed by atoms with Crippen LogP contribution in [0.25, 0.3) is 0 Å². The van der Waals surface area contributed by atoms with Crippen molar-refractivity contribution in [2.24, 2.45) is 0 Å². The molecule has 0 amide bonds. The maximum Gasteiger partial charge on any atom is 0.194 e. The molecular formula is C16H17ClO2. The summed E-state index contributed by atoms with van der Waals surface area (Å²) in [5.41, 5.74) is 1.98. The number of carbonyl (C=O) groups excluding carboxylic acids is 1. The Morgan fingerprint density at radius 3 is 2.21 bits per heavy atom. The minimum Gasteiger partial charge on any atom is -0.508 e. The van der Waals surface area contributed by atoms with Gasteiger partial charge < -0.3 is 5.11 Å². The summed E-state index contributed by atoms with van der Waals surface area (Å²) in [5.74, 6) is -0.00408. The molecule has 2 rings (SSSR count). The highest BCUT2D eigenvalue weighted by molar-refractivity contribution is 6.35. The van der Waals surface area contributed by atoms with Crippen LogP contribution in [0.2, 0.25) is 5.02 Å². The summed E-state index contributed by atoms with van der Waals surface area (Å²) >= 11 is 6.00. The Labute approximate surface area is 118 Å². The van der Waals surface area contributed by atoms with Crippen LogP contribution in [-0.2, 0) is 0 Å². The molecule has 0 aromatic heterocycles. The fourth-order valence-corrected chi connectivity index (χ4v) is 1.78. The quantitative estimate of drug-likeness (QED) is 0.813. The molecule has 0 unspecified atom stereocenters. The molecule has 2 aromatic rings. The Kier molecular flexibility index (Phi) is 5.58. The SMILES string of the molecule is CC.Cc1ccc(Cl)c(C(=O)c2ccc(O)cc2)c1. The van der Waals surface area contributed by atoms with Crippen molar-refractivity contribution in [2.45, 2.75) is 20.8 Å². The summed E-state index contributed by atoms with van der Waals surface area (Å²) in [6, 6.07) is 11.5. The average molecular weight is 277 g/mol. The van der Waals surface area contributed by atoms with Gasteiger partial charge in [0.15, 0.2) is 5.78 Å². The van der Waals surface area contributed by atoms with Gasteiger partial charge >= 0.3 is 0 Å². The molecule has 2 nitrogen and oxygen atoms in total. The first-order chi connectivity index (χ1) is 9.08. The standard InChI is InChI=1S/C14H11ClO2.C2H6/c1-9-2-7-13(15)12(8-9)14(17)10-3-5-11(16)6-4-10;1-2/h2-8,16H,1H3;1-2H3. The van der Waals surface area contributed by atoms with Gasteiger partial charge in [-0.1, -0.05) is 37.1 Å². The first-order valence-corrected chi connectivity index (χ1v) is 6.55. The first-order valence-electron chi connectivity index (χ1n) is 6.18. The van der Waals surface area contributed by atoms with Gasteiger partial charge in [-0.25, -0.2) is 0 Å². The van der Waals surface area contributed by atoms with Crippen molar-refractivity contribution in [3.63, 3.8) is 0 Å². The van der Waals surface area contributed by atoms with Gasteiger partial charge in [0.2, 0.25) is 0 Å². The molecule has 0 aliphatic rings. The van der Waals surface area contributed by atoms with E-state index in [1.165, 1.54) is 12.1 Å². The predicted molar refractivity (Wildman–Crippen MR) is 79.1 cm³/mol. The van der Waals surface area contributed by atoms with Gasteiger partial charge in [0, 0.05) is 11.1 Å². The van der Waals surface area contributed by atoms with Crippen molar-refractivity contribution in [1.82, 2.24) is 0 Å². The smallest absolute Gasteiger partial charge is 0.194 e. The lowest BCUT2D eigenvalue weighted by Gasteiger charge is -2.05. The zero-order chi connectivity index (χ0) is 14.4. The van der Waals surface area contributed by atoms with Crippen LogP contribution >= 0.6 is 11.6 Å². The Balaban J connectivity index is 0.000000861. The maximum atomic E-state index is 12.2. The predicted octanol–water partition coefficient (Wildman–Crippen LogP) is 4.61. The monoisotopic (exact) mass is 276 g/mol. The highest BCUT2D eigenvalue weighted by Crippen LogP contribution is 2.21. The summed E-state index contributed by atoms with van der Waals surface area (Å²) < 4.78 is 0. The minimum absolute atomic E-state index is 0.136. The van der Waals surface area contributed by atoms with Crippen LogP contribution in [-0.4, -0.2) is 10.9 Å². The lowest BCUT2D eigenvalue weighted by atomic mass is 10.0. The molecule has 19 heavy (non-hydrogen) atoms. The average Bonchev–Trinajstić information content (AvgIpc) is 2.44. The number of hydrogen-bond donors (Lipinski definition) is 1. The molecule has 0 saturated heterocycles.